The second kappa shape index (κ2) is 8.59. The molecule has 0 unspecified atom stereocenters. The van der Waals surface area contributed by atoms with Crippen molar-refractivity contribution >= 4 is 6.09 Å². The third-order valence-electron chi connectivity index (χ3n) is 4.35. The van der Waals surface area contributed by atoms with Gasteiger partial charge in [0, 0.05) is 31.8 Å². The highest BCUT2D eigenvalue weighted by Gasteiger charge is 2.27. The molecule has 1 amide bonds. The molecule has 1 atom stereocenters. The molecule has 2 aliphatic heterocycles. The lowest BCUT2D eigenvalue weighted by molar-refractivity contribution is 0.0561. The number of nitrogens with zero attached hydrogens (tertiary/aromatic N) is 2. The normalized spacial score (nSPS) is 24.2. The van der Waals surface area contributed by atoms with Crippen molar-refractivity contribution in [2.24, 2.45) is 5.92 Å². The zero-order valence-corrected chi connectivity index (χ0v) is 13.8. The fourth-order valence-electron chi connectivity index (χ4n) is 2.91. The molecule has 0 aromatic carbocycles. The molecule has 2 heterocycles. The van der Waals surface area contributed by atoms with E-state index in [1.54, 1.807) is 0 Å². The van der Waals surface area contributed by atoms with E-state index >= 15 is 0 Å². The van der Waals surface area contributed by atoms with Crippen LogP contribution in [-0.2, 0) is 0 Å². The highest BCUT2D eigenvalue weighted by molar-refractivity contribution is 5.64. The second-order valence-corrected chi connectivity index (χ2v) is 7.14. The van der Waals surface area contributed by atoms with Crippen LogP contribution in [0.5, 0.6) is 0 Å². The van der Waals surface area contributed by atoms with Crippen molar-refractivity contribution in [1.82, 2.24) is 9.80 Å². The van der Waals surface area contributed by atoms with Gasteiger partial charge < -0.3 is 15.1 Å². The largest absolute Gasteiger partial charge is 0.465 e. The lowest BCUT2D eigenvalue weighted by atomic mass is 9.94. The number of rotatable bonds is 1. The molecule has 124 valence electrons. The Morgan fingerprint density at radius 1 is 1.10 bits per heavy atom. The van der Waals surface area contributed by atoms with Gasteiger partial charge in [0.2, 0.25) is 0 Å². The molecule has 5 nitrogen and oxygen atoms in total. The van der Waals surface area contributed by atoms with Crippen LogP contribution in [0.4, 0.5) is 4.79 Å². The summed E-state index contributed by atoms with van der Waals surface area (Å²) in [5, 5.41) is 17.5. The summed E-state index contributed by atoms with van der Waals surface area (Å²) in [5.74, 6) is 0.512. The van der Waals surface area contributed by atoms with Crippen LogP contribution < -0.4 is 0 Å². The third-order valence-corrected chi connectivity index (χ3v) is 4.35. The van der Waals surface area contributed by atoms with E-state index in [0.717, 1.165) is 32.5 Å². The molecule has 0 bridgehead atoms. The summed E-state index contributed by atoms with van der Waals surface area (Å²) in [6, 6.07) is 0. The van der Waals surface area contributed by atoms with E-state index in [2.05, 4.69) is 25.7 Å². The number of piperidine rings is 2. The van der Waals surface area contributed by atoms with Crippen molar-refractivity contribution in [3.05, 3.63) is 0 Å². The maximum Gasteiger partial charge on any atom is 0.407 e. The van der Waals surface area contributed by atoms with Crippen LogP contribution >= 0.6 is 0 Å². The molecule has 2 saturated heterocycles. The first-order chi connectivity index (χ1) is 9.84. The first kappa shape index (κ1) is 18.2. The predicted octanol–water partition coefficient (Wildman–Crippen LogP) is 2.64. The van der Waals surface area contributed by atoms with Crippen LogP contribution in [0.15, 0.2) is 0 Å². The molecule has 2 N–H and O–H groups in total. The van der Waals surface area contributed by atoms with Gasteiger partial charge in [-0.15, -0.1) is 0 Å². The third kappa shape index (κ3) is 6.66. The van der Waals surface area contributed by atoms with Gasteiger partial charge in [-0.1, -0.05) is 0 Å². The summed E-state index contributed by atoms with van der Waals surface area (Å²) < 4.78 is 0. The van der Waals surface area contributed by atoms with Crippen molar-refractivity contribution in [2.75, 3.05) is 32.8 Å². The van der Waals surface area contributed by atoms with Crippen LogP contribution in [0.2, 0.25) is 0 Å². The summed E-state index contributed by atoms with van der Waals surface area (Å²) >= 11 is 0. The molecule has 0 aromatic heterocycles. The van der Waals surface area contributed by atoms with E-state index < -0.39 is 6.09 Å². The number of aliphatic hydroxyl groups is 1. The smallest absolute Gasteiger partial charge is 0.407 e. The van der Waals surface area contributed by atoms with Crippen molar-refractivity contribution in [2.45, 2.75) is 58.4 Å². The van der Waals surface area contributed by atoms with E-state index in [1.807, 2.05) is 0 Å². The second-order valence-electron chi connectivity index (χ2n) is 7.14. The lowest BCUT2D eigenvalue weighted by Gasteiger charge is -2.41. The molecule has 0 aliphatic carbocycles. The Morgan fingerprint density at radius 3 is 2.14 bits per heavy atom. The van der Waals surface area contributed by atoms with Crippen molar-refractivity contribution < 1.29 is 15.0 Å². The molecular weight excluding hydrogens is 268 g/mol. The molecule has 5 heteroatoms. The van der Waals surface area contributed by atoms with Gasteiger partial charge in [-0.05, 0) is 65.3 Å². The summed E-state index contributed by atoms with van der Waals surface area (Å²) in [5.41, 5.74) is 0.272. The van der Waals surface area contributed by atoms with Crippen LogP contribution in [0.25, 0.3) is 0 Å². The number of hydrogen-bond donors (Lipinski definition) is 2. The summed E-state index contributed by atoms with van der Waals surface area (Å²) in [6.07, 6.45) is 4.92. The van der Waals surface area contributed by atoms with Gasteiger partial charge in [0.25, 0.3) is 0 Å². The van der Waals surface area contributed by atoms with Crippen molar-refractivity contribution in [1.29, 1.82) is 0 Å². The number of aliphatic hydroxyl groups excluding tert-OH is 1. The van der Waals surface area contributed by atoms with Crippen LogP contribution in [0.1, 0.15) is 52.9 Å². The van der Waals surface area contributed by atoms with E-state index in [4.69, 9.17) is 10.2 Å². The fourth-order valence-corrected chi connectivity index (χ4v) is 2.91. The molecule has 0 radical (unpaired) electrons. The standard InChI is InChI=1S/C10H21NO.C6H11NO2/c1-10(2,3)11-6-4-5-9(7-11)8-12;8-6(9)7-4-2-1-3-5-7/h9,12H,4-8H2,1-3H3;1-5H2,(H,8,9)/t9-;/m0./s1. The van der Waals surface area contributed by atoms with Crippen molar-refractivity contribution in [3.63, 3.8) is 0 Å². The highest BCUT2D eigenvalue weighted by atomic mass is 16.4. The van der Waals surface area contributed by atoms with Gasteiger partial charge in [-0.25, -0.2) is 4.79 Å². The average Bonchev–Trinajstić information content (AvgIpc) is 2.48. The molecule has 2 aliphatic rings. The number of hydrogen-bond acceptors (Lipinski definition) is 3. The summed E-state index contributed by atoms with van der Waals surface area (Å²) in [6.45, 7) is 10.8. The van der Waals surface area contributed by atoms with E-state index in [-0.39, 0.29) is 5.54 Å². The minimum absolute atomic E-state index is 0.272. The topological polar surface area (TPSA) is 64.0 Å². The van der Waals surface area contributed by atoms with Crippen LogP contribution in [0, 0.1) is 5.92 Å². The lowest BCUT2D eigenvalue weighted by Crippen LogP contribution is -2.47. The average molecular weight is 300 g/mol. The first-order valence-electron chi connectivity index (χ1n) is 8.18. The number of amides is 1. The summed E-state index contributed by atoms with van der Waals surface area (Å²) in [7, 11) is 0. The Labute approximate surface area is 128 Å². The van der Waals surface area contributed by atoms with Gasteiger partial charge in [0.05, 0.1) is 0 Å². The Morgan fingerprint density at radius 2 is 1.71 bits per heavy atom. The van der Waals surface area contributed by atoms with Crippen LogP contribution in [-0.4, -0.2) is 64.4 Å². The van der Waals surface area contributed by atoms with E-state index in [9.17, 15) is 4.79 Å². The molecule has 2 fully saturated rings. The summed E-state index contributed by atoms with van der Waals surface area (Å²) in [4.78, 5) is 14.2. The Hall–Kier alpha value is -0.810. The molecule has 0 aromatic rings. The van der Waals surface area contributed by atoms with Gasteiger partial charge in [0.1, 0.15) is 0 Å². The zero-order valence-electron chi connectivity index (χ0n) is 13.8. The molecule has 2 rings (SSSR count). The van der Waals surface area contributed by atoms with E-state index in [0.29, 0.717) is 12.5 Å². The number of carbonyl (C=O) groups is 1. The van der Waals surface area contributed by atoms with Gasteiger partial charge >= 0.3 is 6.09 Å². The highest BCUT2D eigenvalue weighted by Crippen LogP contribution is 2.22. The Balaban J connectivity index is 0.000000219. The minimum Gasteiger partial charge on any atom is -0.465 e. The zero-order chi connectivity index (χ0) is 15.9. The minimum atomic E-state index is -0.769. The quantitative estimate of drug-likeness (QED) is 0.781. The van der Waals surface area contributed by atoms with Gasteiger partial charge in [-0.2, -0.15) is 0 Å². The van der Waals surface area contributed by atoms with E-state index in [1.165, 1.54) is 30.7 Å². The number of carboxylic acid groups (broad SMARTS) is 1. The molecule has 0 spiro atoms. The SMILES string of the molecule is CC(C)(C)N1CCC[C@H](CO)C1.O=C(O)N1CCCCC1. The number of likely N-dealkylation sites (tertiary alicyclic amines) is 2. The fraction of sp³-hybridized carbons (Fsp3) is 0.938. The molecular formula is C16H32N2O3. The predicted molar refractivity (Wildman–Crippen MR) is 84.6 cm³/mol. The maximum atomic E-state index is 10.3. The Bertz CT molecular complexity index is 309. The van der Waals surface area contributed by atoms with Crippen LogP contribution in [0.3, 0.4) is 0 Å². The monoisotopic (exact) mass is 300 g/mol. The molecule has 0 saturated carbocycles. The van der Waals surface area contributed by atoms with Gasteiger partial charge in [0.15, 0.2) is 0 Å². The van der Waals surface area contributed by atoms with Crippen molar-refractivity contribution in [3.8, 4) is 0 Å². The van der Waals surface area contributed by atoms with Gasteiger partial charge in [-0.3, -0.25) is 4.90 Å². The molecule has 21 heavy (non-hydrogen) atoms. The maximum absolute atomic E-state index is 10.3. The Kier molecular flexibility index (Phi) is 7.46. The first-order valence-corrected chi connectivity index (χ1v) is 8.18.